The van der Waals surface area contributed by atoms with E-state index < -0.39 is 23.8 Å². The highest BCUT2D eigenvalue weighted by Gasteiger charge is 2.37. The van der Waals surface area contributed by atoms with Gasteiger partial charge in [-0.05, 0) is 42.5 Å². The summed E-state index contributed by atoms with van der Waals surface area (Å²) in [5.41, 5.74) is 3.63. The molecule has 0 radical (unpaired) electrons. The number of halogens is 2. The Hall–Kier alpha value is -3.38. The van der Waals surface area contributed by atoms with Crippen LogP contribution in [0.25, 0.3) is 0 Å². The molecule has 1 aromatic carbocycles. The van der Waals surface area contributed by atoms with Crippen LogP contribution in [0, 0.1) is 11.7 Å². The predicted octanol–water partition coefficient (Wildman–Crippen LogP) is 4.04. The zero-order valence-electron chi connectivity index (χ0n) is 19.8. The highest BCUT2D eigenvalue weighted by molar-refractivity contribution is 9.10. The third-order valence-electron chi connectivity index (χ3n) is 6.46. The van der Waals surface area contributed by atoms with Crippen LogP contribution in [-0.2, 0) is 33.7 Å². The SMILES string of the molecule is COC(=O)C1=C(C2CCc3nn(CCC(=O)O)cc3C2)NC(c2nccs2)=NC1c1ccc(F)cc1Br. The molecule has 5 rings (SSSR count). The van der Waals surface area contributed by atoms with Crippen molar-refractivity contribution in [2.75, 3.05) is 7.11 Å². The van der Waals surface area contributed by atoms with Crippen LogP contribution < -0.4 is 5.32 Å². The zero-order chi connectivity index (χ0) is 26.1. The molecule has 0 amide bonds. The number of carboxylic acids is 1. The molecule has 1 aliphatic heterocycles. The first kappa shape index (κ1) is 25.3. The van der Waals surface area contributed by atoms with Crippen molar-refractivity contribution in [3.63, 3.8) is 0 Å². The van der Waals surface area contributed by atoms with Gasteiger partial charge in [0.05, 0.1) is 31.3 Å². The first-order chi connectivity index (χ1) is 17.8. The third kappa shape index (κ3) is 5.21. The first-order valence-electron chi connectivity index (χ1n) is 11.6. The fourth-order valence-electron chi connectivity index (χ4n) is 4.75. The number of aromatic nitrogens is 3. The summed E-state index contributed by atoms with van der Waals surface area (Å²) in [6.45, 7) is 0.295. The topological polar surface area (TPSA) is 119 Å². The second kappa shape index (κ2) is 10.5. The molecule has 2 N–H and O–H groups in total. The Kier molecular flexibility index (Phi) is 7.20. The van der Waals surface area contributed by atoms with Crippen LogP contribution in [0.1, 0.15) is 40.7 Å². The number of hydrogen-bond donors (Lipinski definition) is 2. The fraction of sp³-hybridized carbons (Fsp3) is 0.320. The Morgan fingerprint density at radius 3 is 2.92 bits per heavy atom. The number of rotatable bonds is 7. The molecule has 1 aliphatic carbocycles. The average molecular weight is 588 g/mol. The molecule has 0 bridgehead atoms. The van der Waals surface area contributed by atoms with E-state index >= 15 is 0 Å². The number of esters is 1. The summed E-state index contributed by atoms with van der Waals surface area (Å²) in [5, 5.41) is 19.5. The molecule has 3 aromatic rings. The summed E-state index contributed by atoms with van der Waals surface area (Å²) in [5.74, 6) is -1.35. The van der Waals surface area contributed by atoms with Gasteiger partial charge < -0.3 is 15.2 Å². The quantitative estimate of drug-likeness (QED) is 0.400. The number of benzene rings is 1. The molecule has 2 atom stereocenters. The van der Waals surface area contributed by atoms with Crippen molar-refractivity contribution in [2.24, 2.45) is 10.9 Å². The molecule has 192 valence electrons. The van der Waals surface area contributed by atoms with E-state index in [2.05, 4.69) is 31.3 Å². The van der Waals surface area contributed by atoms with Crippen LogP contribution in [0.5, 0.6) is 0 Å². The van der Waals surface area contributed by atoms with Crippen LogP contribution in [0.4, 0.5) is 4.39 Å². The number of aryl methyl sites for hydroxylation is 2. The van der Waals surface area contributed by atoms with Gasteiger partial charge in [0, 0.05) is 33.9 Å². The smallest absolute Gasteiger partial charge is 0.338 e. The van der Waals surface area contributed by atoms with Gasteiger partial charge in [0.2, 0.25) is 0 Å². The van der Waals surface area contributed by atoms with Crippen LogP contribution >= 0.6 is 27.3 Å². The lowest BCUT2D eigenvalue weighted by Gasteiger charge is -2.32. The number of thiazole rings is 1. The molecule has 0 saturated carbocycles. The molecule has 2 unspecified atom stereocenters. The monoisotopic (exact) mass is 587 g/mol. The molecular weight excluding hydrogens is 565 g/mol. The lowest BCUT2D eigenvalue weighted by molar-refractivity contribution is -0.138. The van der Waals surface area contributed by atoms with Crippen molar-refractivity contribution in [1.29, 1.82) is 0 Å². The number of fused-ring (bicyclic) bond motifs is 1. The van der Waals surface area contributed by atoms with Crippen molar-refractivity contribution in [3.05, 3.63) is 79.4 Å². The van der Waals surface area contributed by atoms with Crippen molar-refractivity contribution in [3.8, 4) is 0 Å². The maximum atomic E-state index is 13.9. The summed E-state index contributed by atoms with van der Waals surface area (Å²) in [6, 6.07) is 3.57. The number of carbonyl (C=O) groups excluding carboxylic acids is 1. The molecule has 37 heavy (non-hydrogen) atoms. The highest BCUT2D eigenvalue weighted by Crippen LogP contribution is 2.40. The molecule has 12 heteroatoms. The number of allylic oxidation sites excluding steroid dienone is 1. The van der Waals surface area contributed by atoms with Crippen molar-refractivity contribution in [2.45, 2.75) is 38.3 Å². The Labute approximate surface area is 224 Å². The van der Waals surface area contributed by atoms with Gasteiger partial charge in [0.25, 0.3) is 0 Å². The van der Waals surface area contributed by atoms with E-state index in [0.29, 0.717) is 58.0 Å². The maximum Gasteiger partial charge on any atom is 0.338 e. The maximum absolute atomic E-state index is 13.9. The molecule has 2 aliphatic rings. The van der Waals surface area contributed by atoms with Crippen LogP contribution in [0.15, 0.2) is 56.7 Å². The summed E-state index contributed by atoms with van der Waals surface area (Å²) in [6.07, 6.45) is 5.56. The Morgan fingerprint density at radius 2 is 2.22 bits per heavy atom. The number of aliphatic carboxylic acids is 1. The molecular formula is C25H23BrFN5O4S. The number of methoxy groups -OCH3 is 1. The van der Waals surface area contributed by atoms with Gasteiger partial charge in [-0.3, -0.25) is 14.5 Å². The van der Waals surface area contributed by atoms with Crippen molar-refractivity contribution < 1.29 is 23.8 Å². The van der Waals surface area contributed by atoms with E-state index in [0.717, 1.165) is 11.3 Å². The predicted molar refractivity (Wildman–Crippen MR) is 138 cm³/mol. The minimum Gasteiger partial charge on any atom is -0.481 e. The Balaban J connectivity index is 1.57. The number of nitrogens with one attached hydrogen (secondary N) is 1. The second-order valence-electron chi connectivity index (χ2n) is 8.77. The number of ether oxygens (including phenoxy) is 1. The third-order valence-corrected chi connectivity index (χ3v) is 7.92. The number of hydrogen-bond acceptors (Lipinski definition) is 8. The summed E-state index contributed by atoms with van der Waals surface area (Å²) in [4.78, 5) is 33.4. The Morgan fingerprint density at radius 1 is 1.38 bits per heavy atom. The molecule has 2 aromatic heterocycles. The van der Waals surface area contributed by atoms with Crippen LogP contribution in [0.2, 0.25) is 0 Å². The second-order valence-corrected chi connectivity index (χ2v) is 10.5. The molecule has 9 nitrogen and oxygen atoms in total. The van der Waals surface area contributed by atoms with Gasteiger partial charge in [-0.25, -0.2) is 14.2 Å². The van der Waals surface area contributed by atoms with E-state index in [1.807, 2.05) is 11.6 Å². The van der Waals surface area contributed by atoms with Crippen molar-refractivity contribution >= 4 is 45.0 Å². The average Bonchev–Trinajstić information content (AvgIpc) is 3.56. The van der Waals surface area contributed by atoms with Gasteiger partial charge in [-0.2, -0.15) is 5.10 Å². The van der Waals surface area contributed by atoms with Gasteiger partial charge in [0.15, 0.2) is 10.8 Å². The lowest BCUT2D eigenvalue weighted by atomic mass is 9.81. The van der Waals surface area contributed by atoms with Crippen LogP contribution in [0.3, 0.4) is 0 Å². The highest BCUT2D eigenvalue weighted by atomic mass is 79.9. The summed E-state index contributed by atoms with van der Waals surface area (Å²) < 4.78 is 21.3. The largest absolute Gasteiger partial charge is 0.481 e. The number of nitrogens with zero attached hydrogens (tertiary/aromatic N) is 4. The van der Waals surface area contributed by atoms with E-state index in [9.17, 15) is 14.0 Å². The number of carboxylic acid groups (broad SMARTS) is 1. The van der Waals surface area contributed by atoms with E-state index in [1.54, 1.807) is 16.9 Å². The van der Waals surface area contributed by atoms with E-state index in [-0.39, 0.29) is 12.3 Å². The van der Waals surface area contributed by atoms with Gasteiger partial charge in [-0.1, -0.05) is 22.0 Å². The normalized spacial score (nSPS) is 19.2. The van der Waals surface area contributed by atoms with Crippen LogP contribution in [-0.4, -0.2) is 44.8 Å². The van der Waals surface area contributed by atoms with E-state index in [1.165, 1.54) is 30.6 Å². The minimum absolute atomic E-state index is 0.00888. The molecule has 0 spiro atoms. The lowest BCUT2D eigenvalue weighted by Crippen LogP contribution is -2.38. The molecule has 3 heterocycles. The van der Waals surface area contributed by atoms with E-state index in [4.69, 9.17) is 14.8 Å². The number of carbonyl (C=O) groups is 2. The summed E-state index contributed by atoms with van der Waals surface area (Å²) in [7, 11) is 1.33. The zero-order valence-corrected chi connectivity index (χ0v) is 22.2. The first-order valence-corrected chi connectivity index (χ1v) is 13.3. The van der Waals surface area contributed by atoms with Gasteiger partial charge >= 0.3 is 11.9 Å². The minimum atomic E-state index is -0.877. The standard InChI is InChI=1S/C25H23BrFN5O4S/c1-36-25(35)20-21(13-2-5-18-14(10-13)12-32(31-18)8-6-19(33)34)29-23(24-28-7-9-37-24)30-22(20)16-4-3-15(27)11-17(16)26/h3-4,7,9,11-13,22H,2,5-6,8,10H2,1H3,(H,29,30)(H,33,34). The number of aliphatic imine (C=N–C) groups is 1. The fourth-order valence-corrected chi connectivity index (χ4v) is 5.91. The van der Waals surface area contributed by atoms with Gasteiger partial charge in [0.1, 0.15) is 11.9 Å². The Bertz CT molecular complexity index is 1420. The molecule has 0 saturated heterocycles. The van der Waals surface area contributed by atoms with Crippen molar-refractivity contribution in [1.82, 2.24) is 20.1 Å². The summed E-state index contributed by atoms with van der Waals surface area (Å²) >= 11 is 4.87. The molecule has 0 fully saturated rings. The van der Waals surface area contributed by atoms with Gasteiger partial charge in [-0.15, -0.1) is 11.3 Å². The number of amidine groups is 1.